The first kappa shape index (κ1) is 12.8. The third kappa shape index (κ3) is 1.73. The van der Waals surface area contributed by atoms with Crippen molar-refractivity contribution in [2.45, 2.75) is 11.9 Å². The number of para-hydroxylation sites is 1. The molecule has 2 unspecified atom stereocenters. The normalized spacial score (nSPS) is 24.9. The molecular formula is C16H14O4. The second kappa shape index (κ2) is 4.74. The molecule has 0 saturated carbocycles. The second-order valence-corrected chi connectivity index (χ2v) is 4.60. The molecule has 1 aliphatic rings. The summed E-state index contributed by atoms with van der Waals surface area (Å²) in [7, 11) is 1.41. The molecule has 0 radical (unpaired) electrons. The zero-order valence-electron chi connectivity index (χ0n) is 10.9. The number of ether oxygens (including phenoxy) is 2. The number of carbonyl (C=O) groups is 1. The summed E-state index contributed by atoms with van der Waals surface area (Å²) in [6.45, 7) is 0. The van der Waals surface area contributed by atoms with Crippen molar-refractivity contribution < 1.29 is 19.4 Å². The van der Waals surface area contributed by atoms with E-state index >= 15 is 0 Å². The van der Waals surface area contributed by atoms with Gasteiger partial charge in [-0.15, -0.1) is 0 Å². The van der Waals surface area contributed by atoms with E-state index in [2.05, 4.69) is 0 Å². The Kier molecular flexibility index (Phi) is 3.04. The maximum absolute atomic E-state index is 12.4. The van der Waals surface area contributed by atoms with Gasteiger partial charge in [0.25, 0.3) is 5.79 Å². The Morgan fingerprint density at radius 1 is 1.10 bits per heavy atom. The summed E-state index contributed by atoms with van der Waals surface area (Å²) >= 11 is 0. The van der Waals surface area contributed by atoms with E-state index in [9.17, 15) is 9.90 Å². The van der Waals surface area contributed by atoms with E-state index < -0.39 is 17.7 Å². The highest BCUT2D eigenvalue weighted by Gasteiger charge is 2.51. The summed E-state index contributed by atoms with van der Waals surface area (Å²) in [6.07, 6.45) is -1.41. The molecule has 0 saturated heterocycles. The first-order chi connectivity index (χ1) is 9.69. The number of rotatable bonds is 2. The van der Waals surface area contributed by atoms with E-state index in [1.54, 1.807) is 48.5 Å². The Morgan fingerprint density at radius 3 is 2.45 bits per heavy atom. The van der Waals surface area contributed by atoms with Crippen LogP contribution in [0, 0.1) is 0 Å². The lowest BCUT2D eigenvalue weighted by atomic mass is 9.90. The molecule has 4 nitrogen and oxygen atoms in total. The van der Waals surface area contributed by atoms with Crippen LogP contribution in [0.3, 0.4) is 0 Å². The minimum absolute atomic E-state index is 0.364. The Morgan fingerprint density at radius 2 is 1.75 bits per heavy atom. The summed E-state index contributed by atoms with van der Waals surface area (Å²) in [5.74, 6) is -1.50. The number of methoxy groups -OCH3 is 1. The van der Waals surface area contributed by atoms with Crippen LogP contribution in [0.2, 0.25) is 0 Å². The smallest absolute Gasteiger partial charge is 0.270 e. The highest BCUT2D eigenvalue weighted by molar-refractivity contribution is 6.03. The fourth-order valence-electron chi connectivity index (χ4n) is 2.46. The molecular weight excluding hydrogens is 256 g/mol. The van der Waals surface area contributed by atoms with E-state index in [0.717, 1.165) is 0 Å². The van der Waals surface area contributed by atoms with Gasteiger partial charge < -0.3 is 14.6 Å². The Balaban J connectivity index is 2.17. The molecule has 0 bridgehead atoms. The van der Waals surface area contributed by atoms with Gasteiger partial charge in [-0.05, 0) is 12.1 Å². The van der Waals surface area contributed by atoms with Crippen LogP contribution in [0.1, 0.15) is 15.9 Å². The first-order valence-corrected chi connectivity index (χ1v) is 6.30. The van der Waals surface area contributed by atoms with Crippen LogP contribution in [-0.4, -0.2) is 24.1 Å². The fraction of sp³-hybridized carbons (Fsp3) is 0.188. The molecule has 3 rings (SSSR count). The van der Waals surface area contributed by atoms with Gasteiger partial charge in [0.2, 0.25) is 5.78 Å². The van der Waals surface area contributed by atoms with Crippen molar-refractivity contribution in [2.24, 2.45) is 0 Å². The summed E-state index contributed by atoms with van der Waals surface area (Å²) in [5.41, 5.74) is 0.960. The van der Waals surface area contributed by atoms with E-state index in [-0.39, 0.29) is 0 Å². The number of hydrogen-bond donors (Lipinski definition) is 1. The number of aliphatic hydroxyl groups excluding tert-OH is 1. The SMILES string of the molecule is COC1(c2ccccc2)Oc2ccccc2C(=O)C1O. The summed E-state index contributed by atoms with van der Waals surface area (Å²) in [4.78, 5) is 12.4. The number of ketones is 1. The van der Waals surface area contributed by atoms with E-state index in [1.165, 1.54) is 7.11 Å². The molecule has 1 heterocycles. The second-order valence-electron chi connectivity index (χ2n) is 4.60. The average Bonchev–Trinajstić information content (AvgIpc) is 2.52. The van der Waals surface area contributed by atoms with Gasteiger partial charge in [0, 0.05) is 12.7 Å². The number of carbonyl (C=O) groups excluding carboxylic acids is 1. The van der Waals surface area contributed by atoms with Crippen molar-refractivity contribution in [2.75, 3.05) is 7.11 Å². The highest BCUT2D eigenvalue weighted by atomic mass is 16.7. The quantitative estimate of drug-likeness (QED) is 0.908. The van der Waals surface area contributed by atoms with Gasteiger partial charge in [0.05, 0.1) is 5.56 Å². The van der Waals surface area contributed by atoms with Crippen LogP contribution < -0.4 is 4.74 Å². The van der Waals surface area contributed by atoms with Crippen LogP contribution in [-0.2, 0) is 10.5 Å². The molecule has 0 spiro atoms. The molecule has 102 valence electrons. The predicted octanol–water partition coefficient (Wildman–Crippen LogP) is 2.12. The third-order valence-corrected chi connectivity index (χ3v) is 3.50. The molecule has 2 atom stereocenters. The lowest BCUT2D eigenvalue weighted by Gasteiger charge is -2.40. The van der Waals surface area contributed by atoms with Crippen molar-refractivity contribution >= 4 is 5.78 Å². The number of Topliss-reactive ketones (excluding diaryl/α,β-unsaturated/α-hetero) is 1. The minimum Gasteiger partial charge on any atom is -0.454 e. The lowest BCUT2D eigenvalue weighted by molar-refractivity contribution is -0.223. The van der Waals surface area contributed by atoms with Crippen LogP contribution in [0.25, 0.3) is 0 Å². The molecule has 0 aliphatic carbocycles. The topological polar surface area (TPSA) is 55.8 Å². The largest absolute Gasteiger partial charge is 0.454 e. The van der Waals surface area contributed by atoms with Gasteiger partial charge in [-0.1, -0.05) is 42.5 Å². The van der Waals surface area contributed by atoms with E-state index in [1.807, 2.05) is 6.07 Å². The van der Waals surface area contributed by atoms with Crippen LogP contribution in [0.4, 0.5) is 0 Å². The number of aliphatic hydroxyl groups is 1. The monoisotopic (exact) mass is 270 g/mol. The molecule has 1 aliphatic heterocycles. The van der Waals surface area contributed by atoms with Gasteiger partial charge in [0.15, 0.2) is 6.10 Å². The molecule has 1 N–H and O–H groups in total. The lowest BCUT2D eigenvalue weighted by Crippen LogP contribution is -2.53. The van der Waals surface area contributed by atoms with Gasteiger partial charge in [0.1, 0.15) is 5.75 Å². The minimum atomic E-state index is -1.51. The molecule has 0 fully saturated rings. The van der Waals surface area contributed by atoms with Crippen molar-refractivity contribution in [3.8, 4) is 5.75 Å². The fourth-order valence-corrected chi connectivity index (χ4v) is 2.46. The molecule has 2 aromatic carbocycles. The maximum atomic E-state index is 12.4. The summed E-state index contributed by atoms with van der Waals surface area (Å²) in [5, 5.41) is 10.4. The number of benzene rings is 2. The van der Waals surface area contributed by atoms with Crippen molar-refractivity contribution in [3.05, 3.63) is 65.7 Å². The molecule has 4 heteroatoms. The Bertz CT molecular complexity index is 638. The number of hydrogen-bond acceptors (Lipinski definition) is 4. The van der Waals surface area contributed by atoms with Crippen LogP contribution >= 0.6 is 0 Å². The molecule has 0 amide bonds. The van der Waals surface area contributed by atoms with Crippen molar-refractivity contribution in [1.82, 2.24) is 0 Å². The zero-order chi connectivity index (χ0) is 14.2. The van der Waals surface area contributed by atoms with Crippen molar-refractivity contribution in [3.63, 3.8) is 0 Å². The van der Waals surface area contributed by atoms with Gasteiger partial charge in [-0.25, -0.2) is 0 Å². The number of fused-ring (bicyclic) bond motifs is 1. The Hall–Kier alpha value is -2.17. The zero-order valence-corrected chi connectivity index (χ0v) is 10.9. The molecule has 0 aromatic heterocycles. The Labute approximate surface area is 116 Å². The average molecular weight is 270 g/mol. The predicted molar refractivity (Wildman–Crippen MR) is 72.5 cm³/mol. The standard InChI is InChI=1S/C16H14O4/c1-19-16(11-7-3-2-4-8-11)15(18)14(17)12-9-5-6-10-13(12)20-16/h2-10,15,18H,1H3. The molecule has 20 heavy (non-hydrogen) atoms. The first-order valence-electron chi connectivity index (χ1n) is 6.30. The van der Waals surface area contributed by atoms with Crippen LogP contribution in [0.15, 0.2) is 54.6 Å². The van der Waals surface area contributed by atoms with E-state index in [0.29, 0.717) is 16.9 Å². The van der Waals surface area contributed by atoms with E-state index in [4.69, 9.17) is 9.47 Å². The third-order valence-electron chi connectivity index (χ3n) is 3.50. The maximum Gasteiger partial charge on any atom is 0.270 e. The van der Waals surface area contributed by atoms with Crippen LogP contribution in [0.5, 0.6) is 5.75 Å². The summed E-state index contributed by atoms with van der Waals surface area (Å²) in [6, 6.07) is 15.8. The molecule has 2 aromatic rings. The van der Waals surface area contributed by atoms with Gasteiger partial charge in [-0.2, -0.15) is 0 Å². The van der Waals surface area contributed by atoms with Gasteiger partial charge >= 0.3 is 0 Å². The van der Waals surface area contributed by atoms with Crippen molar-refractivity contribution in [1.29, 1.82) is 0 Å². The summed E-state index contributed by atoms with van der Waals surface area (Å²) < 4.78 is 11.3. The highest BCUT2D eigenvalue weighted by Crippen LogP contribution is 2.40. The van der Waals surface area contributed by atoms with Gasteiger partial charge in [-0.3, -0.25) is 4.79 Å².